The summed E-state index contributed by atoms with van der Waals surface area (Å²) in [6.07, 6.45) is 0. The Bertz CT molecular complexity index is 118. The summed E-state index contributed by atoms with van der Waals surface area (Å²) in [6.45, 7) is 0.483. The Hall–Kier alpha value is -0.240. The third-order valence-corrected chi connectivity index (χ3v) is 1.75. The van der Waals surface area contributed by atoms with Gasteiger partial charge in [0.25, 0.3) is 0 Å². The lowest BCUT2D eigenvalue weighted by molar-refractivity contribution is 0.205. The van der Waals surface area contributed by atoms with Gasteiger partial charge in [-0.1, -0.05) is 0 Å². The molecule has 3 heteroatoms. The molecule has 0 aliphatic carbocycles. The van der Waals surface area contributed by atoms with Crippen LogP contribution >= 0.6 is 11.8 Å². The third-order valence-electron chi connectivity index (χ3n) is 0.864. The molecule has 0 atom stereocenters. The minimum Gasteiger partial charge on any atom is -0.366 e. The predicted octanol–water partition coefficient (Wildman–Crippen LogP) is 0.465. The highest BCUT2D eigenvalue weighted by Crippen LogP contribution is 2.11. The fourth-order valence-corrected chi connectivity index (χ4v) is 1.16. The summed E-state index contributed by atoms with van der Waals surface area (Å²) < 4.78 is 4.94. The van der Waals surface area contributed by atoms with Gasteiger partial charge >= 0.3 is 0 Å². The molecule has 1 aliphatic rings. The van der Waals surface area contributed by atoms with Crippen molar-refractivity contribution in [1.82, 2.24) is 0 Å². The topological polar surface area (TPSA) is 26.3 Å². The van der Waals surface area contributed by atoms with Gasteiger partial charge in [-0.25, -0.2) is 4.79 Å². The first-order valence-corrected chi connectivity index (χ1v) is 3.47. The molecule has 1 saturated heterocycles. The first-order chi connectivity index (χ1) is 3.93. The van der Waals surface area contributed by atoms with Gasteiger partial charge in [-0.15, -0.1) is 11.8 Å². The van der Waals surface area contributed by atoms with Crippen LogP contribution in [0.5, 0.6) is 0 Å². The highest BCUT2D eigenvalue weighted by Gasteiger charge is 2.04. The maximum absolute atomic E-state index is 9.90. The van der Waals surface area contributed by atoms with Gasteiger partial charge in [-0.3, -0.25) is 0 Å². The van der Waals surface area contributed by atoms with Crippen molar-refractivity contribution < 1.29 is 9.53 Å². The fraction of sp³-hybridized carbons (Fsp3) is 0.600. The van der Waals surface area contributed by atoms with Crippen molar-refractivity contribution in [1.29, 1.82) is 0 Å². The number of hydrogen-bond acceptors (Lipinski definition) is 3. The summed E-state index contributed by atoms with van der Waals surface area (Å²) in [7, 11) is 0. The molecule has 8 heavy (non-hydrogen) atoms. The highest BCUT2D eigenvalue weighted by atomic mass is 32.2. The van der Waals surface area contributed by atoms with E-state index in [4.69, 9.17) is 4.74 Å². The van der Waals surface area contributed by atoms with Gasteiger partial charge in [0.2, 0.25) is 0 Å². The molecule has 0 aromatic carbocycles. The zero-order chi connectivity index (χ0) is 5.82. The van der Waals surface area contributed by atoms with Crippen molar-refractivity contribution in [2.45, 2.75) is 0 Å². The third kappa shape index (κ3) is 1.37. The summed E-state index contributed by atoms with van der Waals surface area (Å²) in [6, 6.07) is 0. The number of carbonyl (C=O) groups excluding carboxylic acids is 1. The molecule has 1 fully saturated rings. The molecule has 1 heterocycles. The van der Waals surface area contributed by atoms with E-state index in [0.717, 1.165) is 11.3 Å². The Labute approximate surface area is 51.9 Å². The van der Waals surface area contributed by atoms with E-state index >= 15 is 0 Å². The van der Waals surface area contributed by atoms with Crippen LogP contribution in [0.15, 0.2) is 5.57 Å². The summed E-state index contributed by atoms with van der Waals surface area (Å²) in [5.41, 5.74) is 0.737. The van der Waals surface area contributed by atoms with E-state index in [9.17, 15) is 4.79 Å². The Morgan fingerprint density at radius 1 is 1.75 bits per heavy atom. The van der Waals surface area contributed by atoms with E-state index in [1.165, 1.54) is 0 Å². The lowest BCUT2D eigenvalue weighted by Crippen LogP contribution is -2.07. The zero-order valence-corrected chi connectivity index (χ0v) is 5.16. The quantitative estimate of drug-likeness (QED) is 0.446. The van der Waals surface area contributed by atoms with Crippen molar-refractivity contribution in [2.24, 2.45) is 0 Å². The molecule has 0 bridgehead atoms. The van der Waals surface area contributed by atoms with Gasteiger partial charge in [0.15, 0.2) is 0 Å². The molecule has 0 saturated carbocycles. The number of ether oxygens (including phenoxy) is 1. The monoisotopic (exact) mass is 130 g/mol. The minimum atomic E-state index is 0.483. The second kappa shape index (κ2) is 2.92. The molecular weight excluding hydrogens is 124 g/mol. The molecule has 0 aromatic heterocycles. The van der Waals surface area contributed by atoms with Crippen LogP contribution in [-0.4, -0.2) is 24.2 Å². The molecule has 2 nitrogen and oxygen atoms in total. The summed E-state index contributed by atoms with van der Waals surface area (Å²) in [5.74, 6) is 3.33. The molecular formula is C5H6O2S. The van der Waals surface area contributed by atoms with E-state index in [2.05, 4.69) is 0 Å². The minimum absolute atomic E-state index is 0.483. The van der Waals surface area contributed by atoms with Crippen molar-refractivity contribution in [3.63, 3.8) is 0 Å². The first-order valence-electron chi connectivity index (χ1n) is 2.32. The van der Waals surface area contributed by atoms with E-state index in [-0.39, 0.29) is 0 Å². The molecule has 0 radical (unpaired) electrons. The fourth-order valence-electron chi connectivity index (χ4n) is 0.489. The molecule has 1 aliphatic heterocycles. The van der Waals surface area contributed by atoms with Crippen molar-refractivity contribution in [3.8, 4) is 0 Å². The lowest BCUT2D eigenvalue weighted by Gasteiger charge is -2.09. The SMILES string of the molecule is O=C=C1COCSC1. The average Bonchev–Trinajstić information content (AvgIpc) is 1.90. The summed E-state index contributed by atoms with van der Waals surface area (Å²) in [5, 5.41) is 0. The van der Waals surface area contributed by atoms with E-state index in [1.807, 2.05) is 5.94 Å². The van der Waals surface area contributed by atoms with Gasteiger partial charge in [0.05, 0.1) is 12.5 Å². The van der Waals surface area contributed by atoms with Crippen LogP contribution in [0.2, 0.25) is 0 Å². The maximum atomic E-state index is 9.90. The van der Waals surface area contributed by atoms with Crippen molar-refractivity contribution >= 4 is 17.7 Å². The number of thioether (sulfide) groups is 1. The molecule has 0 spiro atoms. The molecule has 0 N–H and O–H groups in total. The first kappa shape index (κ1) is 5.89. The molecule has 44 valence electrons. The summed E-state index contributed by atoms with van der Waals surface area (Å²) >= 11 is 1.61. The number of hydrogen-bond donors (Lipinski definition) is 0. The van der Waals surface area contributed by atoms with Gasteiger partial charge in [-0.05, 0) is 0 Å². The maximum Gasteiger partial charge on any atom is 0.126 e. The van der Waals surface area contributed by atoms with Crippen LogP contribution in [0.4, 0.5) is 0 Å². The predicted molar refractivity (Wildman–Crippen MR) is 32.5 cm³/mol. The summed E-state index contributed by atoms with van der Waals surface area (Å²) in [4.78, 5) is 9.90. The smallest absolute Gasteiger partial charge is 0.126 e. The van der Waals surface area contributed by atoms with Gasteiger partial charge in [0.1, 0.15) is 5.94 Å². The zero-order valence-electron chi connectivity index (χ0n) is 4.35. The van der Waals surface area contributed by atoms with Crippen LogP contribution in [0, 0.1) is 0 Å². The Balaban J connectivity index is 2.45. The van der Waals surface area contributed by atoms with E-state index in [1.54, 1.807) is 11.8 Å². The second-order valence-corrected chi connectivity index (χ2v) is 2.45. The largest absolute Gasteiger partial charge is 0.366 e. The van der Waals surface area contributed by atoms with E-state index in [0.29, 0.717) is 12.5 Å². The van der Waals surface area contributed by atoms with Crippen LogP contribution in [0.25, 0.3) is 0 Å². The van der Waals surface area contributed by atoms with Crippen LogP contribution in [0.3, 0.4) is 0 Å². The van der Waals surface area contributed by atoms with Gasteiger partial charge in [0, 0.05) is 11.3 Å². The lowest BCUT2D eigenvalue weighted by atomic mass is 10.4. The normalized spacial score (nSPS) is 20.2. The van der Waals surface area contributed by atoms with Gasteiger partial charge < -0.3 is 4.74 Å². The Kier molecular flexibility index (Phi) is 2.15. The molecule has 1 rings (SSSR count). The highest BCUT2D eigenvalue weighted by molar-refractivity contribution is 7.99. The molecule has 0 amide bonds. The Morgan fingerprint density at radius 2 is 2.62 bits per heavy atom. The van der Waals surface area contributed by atoms with Crippen LogP contribution in [-0.2, 0) is 9.53 Å². The molecule has 0 unspecified atom stereocenters. The second-order valence-electron chi connectivity index (χ2n) is 1.52. The molecule has 0 aromatic rings. The van der Waals surface area contributed by atoms with Crippen molar-refractivity contribution in [2.75, 3.05) is 18.3 Å². The van der Waals surface area contributed by atoms with E-state index < -0.39 is 0 Å². The Morgan fingerprint density at radius 3 is 3.00 bits per heavy atom. The van der Waals surface area contributed by atoms with Crippen LogP contribution < -0.4 is 0 Å². The number of rotatable bonds is 0. The van der Waals surface area contributed by atoms with Crippen molar-refractivity contribution in [3.05, 3.63) is 5.57 Å². The van der Waals surface area contributed by atoms with Gasteiger partial charge in [-0.2, -0.15) is 0 Å². The average molecular weight is 130 g/mol. The van der Waals surface area contributed by atoms with Crippen LogP contribution in [0.1, 0.15) is 0 Å². The standard InChI is InChI=1S/C5H6O2S/c6-1-5-2-7-4-8-3-5/h2-4H2.